The molecule has 0 saturated carbocycles. The van der Waals surface area contributed by atoms with Crippen LogP contribution in [0.3, 0.4) is 0 Å². The van der Waals surface area contributed by atoms with Crippen LogP contribution in [0.5, 0.6) is 0 Å². The zero-order chi connectivity index (χ0) is 13.8. The first-order valence-corrected chi connectivity index (χ1v) is 6.16. The van der Waals surface area contributed by atoms with Crippen LogP contribution in [-0.4, -0.2) is 21.7 Å². The first-order valence-electron chi connectivity index (χ1n) is 5.35. The molecule has 19 heavy (non-hydrogen) atoms. The molecule has 0 aliphatic rings. The lowest BCUT2D eigenvalue weighted by Gasteiger charge is -1.97. The second kappa shape index (κ2) is 5.57. The van der Waals surface area contributed by atoms with E-state index in [9.17, 15) is 15.3 Å². The molecule has 2 heterocycles. The summed E-state index contributed by atoms with van der Waals surface area (Å²) in [6.07, 6.45) is 4.41. The van der Waals surface area contributed by atoms with Gasteiger partial charge in [0.05, 0.1) is 11.9 Å². The predicted molar refractivity (Wildman–Crippen MR) is 65.7 cm³/mol. The average Bonchev–Trinajstić information content (AvgIpc) is 2.71. The molecule has 2 rings (SSSR count). The summed E-state index contributed by atoms with van der Waals surface area (Å²) in [5.41, 5.74) is 1.24. The third-order valence-electron chi connectivity index (χ3n) is 2.31. The smallest absolute Gasteiger partial charge is 0.294 e. The largest absolute Gasteiger partial charge is 0.619 e. The Bertz CT molecular complexity index is 601. The fraction of sp³-hybridized carbons (Fsp3) is 0.300. The van der Waals surface area contributed by atoms with Gasteiger partial charge in [-0.3, -0.25) is 0 Å². The molecule has 0 fully saturated rings. The minimum absolute atomic E-state index is 0.0146. The fourth-order valence-electron chi connectivity index (χ4n) is 1.47. The number of hydrogen-bond acceptors (Lipinski definition) is 7. The number of hydrogen-bond donors (Lipinski definition) is 0. The first-order chi connectivity index (χ1) is 9.06. The normalized spacial score (nSPS) is 10.4. The molecule has 0 bridgehead atoms. The summed E-state index contributed by atoms with van der Waals surface area (Å²) in [6.45, 7) is 1.79. The third kappa shape index (κ3) is 3.35. The maximum Gasteiger partial charge on any atom is 0.294 e. The van der Waals surface area contributed by atoms with Gasteiger partial charge in [0.2, 0.25) is 6.20 Å². The van der Waals surface area contributed by atoms with Crippen LogP contribution in [0.25, 0.3) is 10.7 Å². The Morgan fingerprint density at radius 3 is 3.05 bits per heavy atom. The van der Waals surface area contributed by atoms with Crippen LogP contribution in [0.1, 0.15) is 10.6 Å². The number of aryl methyl sites for hydroxylation is 1. The van der Waals surface area contributed by atoms with Gasteiger partial charge in [-0.2, -0.15) is 4.73 Å². The Morgan fingerprint density at radius 1 is 1.58 bits per heavy atom. The minimum atomic E-state index is -0.823. The molecular weight excluding hydrogens is 272 g/mol. The topological polar surface area (TPSA) is 105 Å². The first kappa shape index (κ1) is 13.1. The highest BCUT2D eigenvalue weighted by Crippen LogP contribution is 2.26. The molecule has 0 atom stereocenters. The summed E-state index contributed by atoms with van der Waals surface area (Å²) in [7, 11) is 0. The molecule has 0 aliphatic heterocycles. The summed E-state index contributed by atoms with van der Waals surface area (Å²) >= 11 is 1.34. The van der Waals surface area contributed by atoms with Crippen LogP contribution in [-0.2, 0) is 11.3 Å². The molecule has 0 radical (unpaired) electrons. The van der Waals surface area contributed by atoms with Crippen molar-refractivity contribution in [2.75, 3.05) is 6.61 Å². The van der Waals surface area contributed by atoms with Gasteiger partial charge < -0.3 is 10.0 Å². The number of rotatable bonds is 5. The van der Waals surface area contributed by atoms with Crippen molar-refractivity contribution in [3.8, 4) is 10.7 Å². The SMILES string of the molecule is Cc1nc(-c2c[n+]([O-])ccn2)sc1CCO[N+](=O)[O-]. The molecule has 0 aliphatic carbocycles. The third-order valence-corrected chi connectivity index (χ3v) is 3.55. The fourth-order valence-corrected chi connectivity index (χ4v) is 2.47. The van der Waals surface area contributed by atoms with Crippen LogP contribution in [0.4, 0.5) is 0 Å². The highest BCUT2D eigenvalue weighted by atomic mass is 32.1. The van der Waals surface area contributed by atoms with E-state index < -0.39 is 5.09 Å². The molecule has 0 saturated heterocycles. The summed E-state index contributed by atoms with van der Waals surface area (Å²) in [5.74, 6) is 0. The van der Waals surface area contributed by atoms with Crippen LogP contribution >= 0.6 is 11.3 Å². The standard InChI is InChI=1S/C10H10N4O4S/c1-7-9(2-5-18-14(16)17)19-10(12-7)8-6-13(15)4-3-11-8/h3-4,6H,2,5H2,1H3. The number of aromatic nitrogens is 3. The van der Waals surface area contributed by atoms with E-state index in [1.165, 1.54) is 29.9 Å². The van der Waals surface area contributed by atoms with E-state index >= 15 is 0 Å². The van der Waals surface area contributed by atoms with E-state index in [1.807, 2.05) is 0 Å². The Balaban J connectivity index is 2.14. The monoisotopic (exact) mass is 282 g/mol. The van der Waals surface area contributed by atoms with E-state index in [1.54, 1.807) is 6.92 Å². The van der Waals surface area contributed by atoms with Gasteiger partial charge >= 0.3 is 0 Å². The molecule has 0 amide bonds. The Labute approximate surface area is 112 Å². The maximum absolute atomic E-state index is 11.2. The molecule has 0 N–H and O–H groups in total. The minimum Gasteiger partial charge on any atom is -0.619 e. The van der Waals surface area contributed by atoms with Crippen molar-refractivity contribution in [2.24, 2.45) is 0 Å². The summed E-state index contributed by atoms with van der Waals surface area (Å²) in [5, 5.41) is 21.0. The van der Waals surface area contributed by atoms with Gasteiger partial charge in [-0.15, -0.1) is 21.5 Å². The molecule has 0 spiro atoms. The van der Waals surface area contributed by atoms with Gasteiger partial charge in [-0.1, -0.05) is 0 Å². The van der Waals surface area contributed by atoms with Gasteiger partial charge in [-0.25, -0.2) is 9.97 Å². The van der Waals surface area contributed by atoms with Crippen molar-refractivity contribution in [2.45, 2.75) is 13.3 Å². The molecule has 2 aromatic rings. The second-order valence-corrected chi connectivity index (χ2v) is 4.72. The number of nitrogens with zero attached hydrogens (tertiary/aromatic N) is 4. The summed E-state index contributed by atoms with van der Waals surface area (Å²) < 4.78 is 0.647. The van der Waals surface area contributed by atoms with E-state index in [0.29, 0.717) is 21.9 Å². The molecule has 0 unspecified atom stereocenters. The number of thiazole rings is 1. The van der Waals surface area contributed by atoms with Crippen molar-refractivity contribution in [3.05, 3.63) is 44.5 Å². The van der Waals surface area contributed by atoms with Crippen molar-refractivity contribution in [1.29, 1.82) is 0 Å². The van der Waals surface area contributed by atoms with Gasteiger partial charge in [0.15, 0.2) is 11.9 Å². The zero-order valence-corrected chi connectivity index (χ0v) is 10.8. The van der Waals surface area contributed by atoms with Crippen LogP contribution < -0.4 is 4.73 Å². The molecule has 9 heteroatoms. The average molecular weight is 282 g/mol. The molecule has 0 aromatic carbocycles. The van der Waals surface area contributed by atoms with Crippen molar-refractivity contribution in [1.82, 2.24) is 9.97 Å². The Kier molecular flexibility index (Phi) is 3.85. The van der Waals surface area contributed by atoms with Gasteiger partial charge in [0.1, 0.15) is 11.6 Å². The molecule has 8 nitrogen and oxygen atoms in total. The van der Waals surface area contributed by atoms with Gasteiger partial charge in [-0.05, 0) is 6.92 Å². The highest BCUT2D eigenvalue weighted by molar-refractivity contribution is 7.15. The summed E-state index contributed by atoms with van der Waals surface area (Å²) in [6, 6.07) is 0. The summed E-state index contributed by atoms with van der Waals surface area (Å²) in [4.78, 5) is 23.6. The van der Waals surface area contributed by atoms with E-state index in [2.05, 4.69) is 14.8 Å². The quantitative estimate of drug-likeness (QED) is 0.349. The van der Waals surface area contributed by atoms with Crippen molar-refractivity contribution in [3.63, 3.8) is 0 Å². The van der Waals surface area contributed by atoms with Crippen LogP contribution in [0.15, 0.2) is 18.6 Å². The van der Waals surface area contributed by atoms with E-state index in [0.717, 1.165) is 10.6 Å². The molecule has 2 aromatic heterocycles. The van der Waals surface area contributed by atoms with Crippen LogP contribution in [0.2, 0.25) is 0 Å². The Morgan fingerprint density at radius 2 is 2.37 bits per heavy atom. The maximum atomic E-state index is 11.2. The van der Waals surface area contributed by atoms with Gasteiger partial charge in [0, 0.05) is 11.3 Å². The van der Waals surface area contributed by atoms with E-state index in [-0.39, 0.29) is 6.61 Å². The lowest BCUT2D eigenvalue weighted by Crippen LogP contribution is -2.24. The lowest BCUT2D eigenvalue weighted by molar-refractivity contribution is -0.757. The van der Waals surface area contributed by atoms with Crippen LogP contribution in [0, 0.1) is 22.2 Å². The second-order valence-electron chi connectivity index (χ2n) is 3.64. The zero-order valence-electron chi connectivity index (χ0n) is 9.98. The Hall–Kier alpha value is -2.29. The van der Waals surface area contributed by atoms with Crippen molar-refractivity contribution >= 4 is 11.3 Å². The highest BCUT2D eigenvalue weighted by Gasteiger charge is 2.12. The molecule has 100 valence electrons. The van der Waals surface area contributed by atoms with E-state index in [4.69, 9.17) is 0 Å². The predicted octanol–water partition coefficient (Wildman–Crippen LogP) is 0.898. The lowest BCUT2D eigenvalue weighted by atomic mass is 10.3. The molecular formula is C10H10N4O4S. The van der Waals surface area contributed by atoms with Gasteiger partial charge in [0.25, 0.3) is 5.09 Å². The van der Waals surface area contributed by atoms with Crippen molar-refractivity contribution < 1.29 is 14.7 Å².